The van der Waals surface area contributed by atoms with E-state index in [-0.39, 0.29) is 11.3 Å². The van der Waals surface area contributed by atoms with E-state index < -0.39 is 17.5 Å². The van der Waals surface area contributed by atoms with Crippen LogP contribution in [0, 0.1) is 11.6 Å². The molecule has 0 spiro atoms. The Morgan fingerprint density at radius 2 is 2.04 bits per heavy atom. The molecule has 0 radical (unpaired) electrons. The van der Waals surface area contributed by atoms with Gasteiger partial charge in [-0.25, -0.2) is 8.78 Å². The van der Waals surface area contributed by atoms with Gasteiger partial charge in [0.2, 0.25) is 0 Å². The van der Waals surface area contributed by atoms with Crippen LogP contribution in [0.25, 0.3) is 0 Å². The van der Waals surface area contributed by atoms with Gasteiger partial charge in [0.15, 0.2) is 11.6 Å². The fourth-order valence-electron chi connectivity index (χ4n) is 3.02. The number of rotatable bonds is 4. The third-order valence-electron chi connectivity index (χ3n) is 4.33. The largest absolute Gasteiger partial charge is 0.496 e. The molecule has 1 aliphatic heterocycles. The van der Waals surface area contributed by atoms with E-state index in [1.165, 1.54) is 18.1 Å². The van der Waals surface area contributed by atoms with Gasteiger partial charge < -0.3 is 9.64 Å². The highest BCUT2D eigenvalue weighted by atomic mass is 32.1. The van der Waals surface area contributed by atoms with Gasteiger partial charge >= 0.3 is 0 Å². The van der Waals surface area contributed by atoms with Crippen LogP contribution in [0.4, 0.5) is 8.78 Å². The lowest BCUT2D eigenvalue weighted by Crippen LogP contribution is -2.35. The van der Waals surface area contributed by atoms with Gasteiger partial charge in [0.05, 0.1) is 7.11 Å². The average molecular weight is 366 g/mol. The number of benzene rings is 1. The van der Waals surface area contributed by atoms with E-state index in [1.807, 2.05) is 11.4 Å². The second-order valence-electron chi connectivity index (χ2n) is 5.94. The van der Waals surface area contributed by atoms with Gasteiger partial charge in [-0.3, -0.25) is 9.69 Å². The Morgan fingerprint density at radius 1 is 1.20 bits per heavy atom. The summed E-state index contributed by atoms with van der Waals surface area (Å²) in [4.78, 5) is 17.9. The zero-order valence-electron chi connectivity index (χ0n) is 14.0. The molecule has 1 amide bonds. The SMILES string of the molecule is COc1ccc(F)c(F)c1C(=O)N1CCCN(Cc2cccs2)CC1. The molecule has 1 fully saturated rings. The van der Waals surface area contributed by atoms with E-state index in [9.17, 15) is 13.6 Å². The fourth-order valence-corrected chi connectivity index (χ4v) is 3.76. The summed E-state index contributed by atoms with van der Waals surface area (Å²) in [5, 5.41) is 2.04. The number of thiophene rings is 1. The Labute approximate surface area is 149 Å². The Hall–Kier alpha value is -1.99. The Bertz CT molecular complexity index is 737. The van der Waals surface area contributed by atoms with Crippen LogP contribution in [-0.2, 0) is 6.54 Å². The molecule has 25 heavy (non-hydrogen) atoms. The second-order valence-corrected chi connectivity index (χ2v) is 6.97. The van der Waals surface area contributed by atoms with Gasteiger partial charge in [-0.1, -0.05) is 6.07 Å². The first-order valence-corrected chi connectivity index (χ1v) is 9.04. The van der Waals surface area contributed by atoms with E-state index in [0.717, 1.165) is 25.6 Å². The molecule has 134 valence electrons. The Morgan fingerprint density at radius 3 is 2.76 bits per heavy atom. The molecule has 0 atom stereocenters. The Kier molecular flexibility index (Phi) is 5.65. The number of halogens is 2. The van der Waals surface area contributed by atoms with Crippen LogP contribution in [0.3, 0.4) is 0 Å². The first-order chi connectivity index (χ1) is 12.1. The molecule has 3 rings (SSSR count). The van der Waals surface area contributed by atoms with E-state index in [0.29, 0.717) is 19.6 Å². The molecule has 1 aromatic carbocycles. The molecular formula is C18H20F2N2O2S. The first-order valence-electron chi connectivity index (χ1n) is 8.16. The van der Waals surface area contributed by atoms with Crippen molar-refractivity contribution in [3.8, 4) is 5.75 Å². The summed E-state index contributed by atoms with van der Waals surface area (Å²) in [6.07, 6.45) is 0.788. The highest BCUT2D eigenvalue weighted by molar-refractivity contribution is 7.09. The minimum atomic E-state index is -1.15. The van der Waals surface area contributed by atoms with Gasteiger partial charge in [-0.2, -0.15) is 0 Å². The number of hydrogen-bond acceptors (Lipinski definition) is 4. The summed E-state index contributed by atoms with van der Waals surface area (Å²) in [5.74, 6) is -2.65. The van der Waals surface area contributed by atoms with Crippen LogP contribution in [0.5, 0.6) is 5.75 Å². The summed E-state index contributed by atoms with van der Waals surface area (Å²) >= 11 is 1.71. The van der Waals surface area contributed by atoms with Crippen molar-refractivity contribution in [1.29, 1.82) is 0 Å². The average Bonchev–Trinajstić information content (AvgIpc) is 3.01. The summed E-state index contributed by atoms with van der Waals surface area (Å²) in [7, 11) is 1.34. The van der Waals surface area contributed by atoms with Crippen molar-refractivity contribution in [2.24, 2.45) is 0 Å². The maximum Gasteiger partial charge on any atom is 0.260 e. The van der Waals surface area contributed by atoms with Crippen LogP contribution in [0.1, 0.15) is 21.7 Å². The number of methoxy groups -OCH3 is 1. The van der Waals surface area contributed by atoms with Crippen molar-refractivity contribution in [3.63, 3.8) is 0 Å². The lowest BCUT2D eigenvalue weighted by Gasteiger charge is -2.23. The Balaban J connectivity index is 1.72. The van der Waals surface area contributed by atoms with Crippen LogP contribution >= 0.6 is 11.3 Å². The number of carbonyl (C=O) groups is 1. The van der Waals surface area contributed by atoms with Crippen molar-refractivity contribution in [2.75, 3.05) is 33.3 Å². The van der Waals surface area contributed by atoms with Crippen molar-refractivity contribution in [1.82, 2.24) is 9.80 Å². The lowest BCUT2D eigenvalue weighted by atomic mass is 10.1. The second kappa shape index (κ2) is 7.93. The predicted molar refractivity (Wildman–Crippen MR) is 93.0 cm³/mol. The third kappa shape index (κ3) is 3.99. The standard InChI is InChI=1S/C18H20F2N2O2S/c1-24-15-6-5-14(19)17(20)16(15)18(23)22-8-3-7-21(9-10-22)12-13-4-2-11-25-13/h2,4-6,11H,3,7-10,12H2,1H3. The molecule has 4 nitrogen and oxygen atoms in total. The van der Waals surface area contributed by atoms with Gasteiger partial charge in [-0.15, -0.1) is 11.3 Å². The lowest BCUT2D eigenvalue weighted by molar-refractivity contribution is 0.0751. The van der Waals surface area contributed by atoms with Gasteiger partial charge in [0.1, 0.15) is 11.3 Å². The molecule has 0 saturated carbocycles. The smallest absolute Gasteiger partial charge is 0.260 e. The highest BCUT2D eigenvalue weighted by Gasteiger charge is 2.27. The quantitative estimate of drug-likeness (QED) is 0.832. The zero-order chi connectivity index (χ0) is 17.8. The maximum absolute atomic E-state index is 14.2. The van der Waals surface area contributed by atoms with Crippen LogP contribution < -0.4 is 4.74 Å². The molecule has 0 unspecified atom stereocenters. The molecule has 7 heteroatoms. The monoisotopic (exact) mass is 366 g/mol. The molecular weight excluding hydrogens is 346 g/mol. The van der Waals surface area contributed by atoms with E-state index >= 15 is 0 Å². The maximum atomic E-state index is 14.2. The van der Waals surface area contributed by atoms with E-state index in [1.54, 1.807) is 16.2 Å². The molecule has 2 heterocycles. The number of hydrogen-bond donors (Lipinski definition) is 0. The molecule has 0 aliphatic carbocycles. The zero-order valence-corrected chi connectivity index (χ0v) is 14.8. The fraction of sp³-hybridized carbons (Fsp3) is 0.389. The van der Waals surface area contributed by atoms with Gasteiger partial charge in [0.25, 0.3) is 5.91 Å². The topological polar surface area (TPSA) is 32.8 Å². The molecule has 0 bridgehead atoms. The van der Waals surface area contributed by atoms with Gasteiger partial charge in [0, 0.05) is 37.6 Å². The highest BCUT2D eigenvalue weighted by Crippen LogP contribution is 2.26. The number of carbonyl (C=O) groups excluding carboxylic acids is 1. The summed E-state index contributed by atoms with van der Waals surface area (Å²) < 4.78 is 32.8. The number of ether oxygens (including phenoxy) is 1. The molecule has 0 N–H and O–H groups in total. The van der Waals surface area contributed by atoms with Crippen LogP contribution in [0.2, 0.25) is 0 Å². The van der Waals surface area contributed by atoms with Crippen LogP contribution in [-0.4, -0.2) is 49.0 Å². The minimum Gasteiger partial charge on any atom is -0.496 e. The predicted octanol–water partition coefficient (Wildman–Crippen LogP) is 3.38. The van der Waals surface area contributed by atoms with E-state index in [4.69, 9.17) is 4.74 Å². The summed E-state index contributed by atoms with van der Waals surface area (Å²) in [5.41, 5.74) is -0.325. The number of amides is 1. The third-order valence-corrected chi connectivity index (χ3v) is 5.19. The van der Waals surface area contributed by atoms with Gasteiger partial charge in [-0.05, 0) is 30.0 Å². The van der Waals surface area contributed by atoms with Crippen molar-refractivity contribution in [2.45, 2.75) is 13.0 Å². The molecule has 1 aliphatic rings. The minimum absolute atomic E-state index is 0.0589. The molecule has 1 aromatic heterocycles. The van der Waals surface area contributed by atoms with Crippen molar-refractivity contribution >= 4 is 17.2 Å². The molecule has 2 aromatic rings. The summed E-state index contributed by atoms with van der Waals surface area (Å²) in [6, 6.07) is 6.36. The number of nitrogens with zero attached hydrogens (tertiary/aromatic N) is 2. The normalized spacial score (nSPS) is 15.9. The van der Waals surface area contributed by atoms with Crippen LogP contribution in [0.15, 0.2) is 29.6 Å². The van der Waals surface area contributed by atoms with Crippen molar-refractivity contribution < 1.29 is 18.3 Å². The van der Waals surface area contributed by atoms with Crippen molar-refractivity contribution in [3.05, 3.63) is 51.7 Å². The first kappa shape index (κ1) is 17.8. The summed E-state index contributed by atoms with van der Waals surface area (Å²) in [6.45, 7) is 3.40. The van der Waals surface area contributed by atoms with E-state index in [2.05, 4.69) is 11.0 Å². The molecule has 1 saturated heterocycles.